The number of hydrogen-bond acceptors (Lipinski definition) is 3. The average Bonchev–Trinajstić information content (AvgIpc) is 3.06. The molecule has 3 heteroatoms. The van der Waals surface area contributed by atoms with E-state index in [1.165, 1.54) is 32.1 Å². The molecule has 0 aromatic carbocycles. The molecule has 124 valence electrons. The van der Waals surface area contributed by atoms with Gasteiger partial charge >= 0.3 is 5.97 Å². The normalized spacial score (nSPS) is 40.5. The van der Waals surface area contributed by atoms with E-state index in [1.54, 1.807) is 6.92 Å². The summed E-state index contributed by atoms with van der Waals surface area (Å²) in [6.07, 6.45) is 8.40. The molecule has 0 N–H and O–H groups in total. The Hall–Kier alpha value is -0.830. The van der Waals surface area contributed by atoms with Crippen molar-refractivity contribution >= 4 is 5.97 Å². The predicted molar refractivity (Wildman–Crippen MR) is 86.5 cm³/mol. The van der Waals surface area contributed by atoms with E-state index < -0.39 is 5.60 Å². The Morgan fingerprint density at radius 2 is 2.23 bits per heavy atom. The molecule has 0 amide bonds. The first-order chi connectivity index (χ1) is 10.5. The van der Waals surface area contributed by atoms with Crippen LogP contribution < -0.4 is 0 Å². The lowest BCUT2D eigenvalue weighted by Gasteiger charge is -2.64. The minimum Gasteiger partial charge on any atom is -0.452 e. The molecule has 1 heterocycles. The van der Waals surface area contributed by atoms with Gasteiger partial charge in [-0.3, -0.25) is 0 Å². The van der Waals surface area contributed by atoms with Gasteiger partial charge in [-0.2, -0.15) is 0 Å². The zero-order chi connectivity index (χ0) is 16.0. The van der Waals surface area contributed by atoms with Crippen molar-refractivity contribution in [3.63, 3.8) is 0 Å². The summed E-state index contributed by atoms with van der Waals surface area (Å²) in [6.45, 7) is 10.8. The maximum absolute atomic E-state index is 12.3. The van der Waals surface area contributed by atoms with Gasteiger partial charge in [0.25, 0.3) is 0 Å². The maximum Gasteiger partial charge on any atom is 0.333 e. The molecule has 2 saturated carbocycles. The van der Waals surface area contributed by atoms with Crippen molar-refractivity contribution in [2.45, 2.75) is 77.4 Å². The largest absolute Gasteiger partial charge is 0.452 e. The van der Waals surface area contributed by atoms with E-state index in [1.807, 2.05) is 0 Å². The summed E-state index contributed by atoms with van der Waals surface area (Å²) < 4.78 is 12.3. The number of carbonyl (C=O) groups excluding carboxylic acids is 1. The number of ether oxygens (including phenoxy) is 2. The highest BCUT2D eigenvalue weighted by Gasteiger charge is 2.77. The van der Waals surface area contributed by atoms with Gasteiger partial charge in [0, 0.05) is 23.5 Å². The molecule has 0 aromatic heterocycles. The second kappa shape index (κ2) is 5.67. The molecule has 1 saturated heterocycles. The van der Waals surface area contributed by atoms with E-state index in [4.69, 9.17) is 9.47 Å². The Morgan fingerprint density at radius 3 is 2.91 bits per heavy atom. The van der Waals surface area contributed by atoms with Crippen LogP contribution in [0, 0.1) is 17.3 Å². The molecule has 3 rings (SSSR count). The molecule has 1 spiro atoms. The Balaban J connectivity index is 1.90. The van der Waals surface area contributed by atoms with Gasteiger partial charge in [-0.15, -0.1) is 0 Å². The fourth-order valence-electron chi connectivity index (χ4n) is 5.53. The number of esters is 1. The van der Waals surface area contributed by atoms with Crippen molar-refractivity contribution < 1.29 is 14.3 Å². The topological polar surface area (TPSA) is 35.5 Å². The van der Waals surface area contributed by atoms with Gasteiger partial charge in [-0.1, -0.05) is 39.7 Å². The van der Waals surface area contributed by atoms with Crippen LogP contribution in [0.15, 0.2) is 12.2 Å². The fourth-order valence-corrected chi connectivity index (χ4v) is 5.53. The quantitative estimate of drug-likeness (QED) is 0.543. The molecule has 22 heavy (non-hydrogen) atoms. The SMILES string of the molecule is C=C(C)C(=O)OC1(C(C)CCCC)C2CCCC23CCOC31. The third-order valence-electron chi connectivity index (χ3n) is 6.54. The summed E-state index contributed by atoms with van der Waals surface area (Å²) in [5.41, 5.74) is 0.393. The lowest BCUT2D eigenvalue weighted by atomic mass is 9.46. The van der Waals surface area contributed by atoms with Gasteiger partial charge in [0.15, 0.2) is 0 Å². The number of unbranched alkanes of at least 4 members (excludes halogenated alkanes) is 1. The van der Waals surface area contributed by atoms with E-state index in [-0.39, 0.29) is 12.1 Å². The van der Waals surface area contributed by atoms with Gasteiger partial charge in [0.2, 0.25) is 0 Å². The zero-order valence-electron chi connectivity index (χ0n) is 14.3. The highest BCUT2D eigenvalue weighted by atomic mass is 16.6. The monoisotopic (exact) mass is 306 g/mol. The van der Waals surface area contributed by atoms with E-state index >= 15 is 0 Å². The summed E-state index contributed by atoms with van der Waals surface area (Å²) in [4.78, 5) is 12.3. The van der Waals surface area contributed by atoms with Crippen LogP contribution >= 0.6 is 0 Å². The van der Waals surface area contributed by atoms with E-state index in [2.05, 4.69) is 20.4 Å². The first-order valence-corrected chi connectivity index (χ1v) is 8.99. The van der Waals surface area contributed by atoms with Crippen molar-refractivity contribution in [1.82, 2.24) is 0 Å². The standard InChI is InChI=1S/C19H30O3/c1-5-6-8-14(4)19(22-16(20)13(2)3)15-9-7-10-18(15)11-12-21-17(18)19/h14-15,17H,2,5-12H2,1,3-4H3. The molecular formula is C19H30O3. The minimum absolute atomic E-state index is 0.114. The fraction of sp³-hybridized carbons (Fsp3) is 0.842. The zero-order valence-corrected chi connectivity index (χ0v) is 14.3. The molecule has 3 nitrogen and oxygen atoms in total. The molecule has 3 fully saturated rings. The van der Waals surface area contributed by atoms with Crippen LogP contribution in [-0.2, 0) is 14.3 Å². The van der Waals surface area contributed by atoms with E-state index in [9.17, 15) is 4.79 Å². The van der Waals surface area contributed by atoms with E-state index in [0.717, 1.165) is 19.4 Å². The Morgan fingerprint density at radius 1 is 1.45 bits per heavy atom. The molecular weight excluding hydrogens is 276 g/mol. The lowest BCUT2D eigenvalue weighted by molar-refractivity contribution is -0.284. The smallest absolute Gasteiger partial charge is 0.333 e. The van der Waals surface area contributed by atoms with Crippen molar-refractivity contribution in [3.8, 4) is 0 Å². The van der Waals surface area contributed by atoms with E-state index in [0.29, 0.717) is 22.8 Å². The van der Waals surface area contributed by atoms with Crippen LogP contribution in [0.1, 0.15) is 65.7 Å². The molecule has 0 bridgehead atoms. The van der Waals surface area contributed by atoms with Gasteiger partial charge in [0.05, 0.1) is 0 Å². The highest BCUT2D eigenvalue weighted by Crippen LogP contribution is 2.71. The summed E-state index contributed by atoms with van der Waals surface area (Å²) in [6, 6.07) is 0. The van der Waals surface area contributed by atoms with Crippen LogP contribution in [-0.4, -0.2) is 24.3 Å². The third kappa shape index (κ3) is 2.01. The van der Waals surface area contributed by atoms with Crippen LogP contribution in [0.2, 0.25) is 0 Å². The minimum atomic E-state index is -0.405. The molecule has 2 aliphatic carbocycles. The Kier molecular flexibility index (Phi) is 4.13. The third-order valence-corrected chi connectivity index (χ3v) is 6.54. The molecule has 3 aliphatic rings. The number of carbonyl (C=O) groups is 1. The van der Waals surface area contributed by atoms with Crippen molar-refractivity contribution in [3.05, 3.63) is 12.2 Å². The van der Waals surface area contributed by atoms with Gasteiger partial charge < -0.3 is 9.47 Å². The van der Waals surface area contributed by atoms with Gasteiger partial charge in [0.1, 0.15) is 11.7 Å². The predicted octanol–water partition coefficient (Wildman–Crippen LogP) is 4.26. The average molecular weight is 306 g/mol. The number of hydrogen-bond donors (Lipinski definition) is 0. The lowest BCUT2D eigenvalue weighted by Crippen LogP contribution is -2.73. The first kappa shape index (κ1) is 16.0. The van der Waals surface area contributed by atoms with Gasteiger partial charge in [-0.05, 0) is 38.5 Å². The van der Waals surface area contributed by atoms with Crippen LogP contribution in [0.25, 0.3) is 0 Å². The van der Waals surface area contributed by atoms with Crippen LogP contribution in [0.5, 0.6) is 0 Å². The summed E-state index contributed by atoms with van der Waals surface area (Å²) in [7, 11) is 0. The summed E-state index contributed by atoms with van der Waals surface area (Å²) >= 11 is 0. The molecule has 0 radical (unpaired) electrons. The second-order valence-corrected chi connectivity index (χ2v) is 7.75. The highest BCUT2D eigenvalue weighted by molar-refractivity contribution is 5.87. The number of rotatable bonds is 6. The van der Waals surface area contributed by atoms with Crippen LogP contribution in [0.4, 0.5) is 0 Å². The van der Waals surface area contributed by atoms with Crippen molar-refractivity contribution in [2.75, 3.05) is 6.61 Å². The summed E-state index contributed by atoms with van der Waals surface area (Å²) in [5.74, 6) is 0.608. The van der Waals surface area contributed by atoms with Crippen molar-refractivity contribution in [2.24, 2.45) is 17.3 Å². The maximum atomic E-state index is 12.3. The summed E-state index contributed by atoms with van der Waals surface area (Å²) in [5, 5.41) is 0. The van der Waals surface area contributed by atoms with Crippen molar-refractivity contribution in [1.29, 1.82) is 0 Å². The molecule has 5 unspecified atom stereocenters. The molecule has 5 atom stereocenters. The first-order valence-electron chi connectivity index (χ1n) is 8.99. The van der Waals surface area contributed by atoms with Crippen LogP contribution in [0.3, 0.4) is 0 Å². The molecule has 1 aliphatic heterocycles. The second-order valence-electron chi connectivity index (χ2n) is 7.75. The Bertz CT molecular complexity index is 447. The molecule has 0 aromatic rings. The Labute approximate surface area is 134 Å². The van der Waals surface area contributed by atoms with Gasteiger partial charge in [-0.25, -0.2) is 4.79 Å².